The molecule has 1 aromatic heterocycles. The molecule has 15 heavy (non-hydrogen) atoms. The molecule has 0 radical (unpaired) electrons. The summed E-state index contributed by atoms with van der Waals surface area (Å²) < 4.78 is 2.06. The summed E-state index contributed by atoms with van der Waals surface area (Å²) in [6.45, 7) is 0.843. The molecular weight excluding hydrogens is 188 g/mol. The van der Waals surface area contributed by atoms with Crippen molar-refractivity contribution in [1.82, 2.24) is 9.55 Å². The molecule has 0 atom stereocenters. The van der Waals surface area contributed by atoms with E-state index < -0.39 is 0 Å². The number of aryl methyl sites for hydroxylation is 2. The Balaban J connectivity index is 2.40. The number of unbranched alkanes of at least 4 members (excludes halogenated alkanes) is 2. The van der Waals surface area contributed by atoms with Gasteiger partial charge in [-0.1, -0.05) is 0 Å². The predicted molar refractivity (Wildman–Crippen MR) is 55.6 cm³/mol. The van der Waals surface area contributed by atoms with Crippen LogP contribution >= 0.6 is 0 Å². The van der Waals surface area contributed by atoms with Gasteiger partial charge in [-0.25, -0.2) is 4.98 Å². The number of aromatic nitrogens is 2. The van der Waals surface area contributed by atoms with E-state index in [1.54, 1.807) is 6.20 Å². The van der Waals surface area contributed by atoms with E-state index in [0.29, 0.717) is 12.8 Å². The van der Waals surface area contributed by atoms with E-state index in [9.17, 15) is 0 Å². The standard InChI is InChI=1S/C11H14N4/c12-6-2-1-5-11-14-8-10-15(11)9-4-3-7-13/h8,10H,1-5,9H2. The lowest BCUT2D eigenvalue weighted by molar-refractivity contribution is 0.609. The SMILES string of the molecule is N#CCCCc1nccn1CCCC#N. The fraction of sp³-hybridized carbons (Fsp3) is 0.545. The Kier molecular flexibility index (Phi) is 4.97. The van der Waals surface area contributed by atoms with Gasteiger partial charge in [-0.05, 0) is 12.8 Å². The molecule has 1 rings (SSSR count). The van der Waals surface area contributed by atoms with Crippen molar-refractivity contribution in [1.29, 1.82) is 10.5 Å². The average molecular weight is 202 g/mol. The van der Waals surface area contributed by atoms with Crippen LogP contribution < -0.4 is 0 Å². The lowest BCUT2D eigenvalue weighted by Crippen LogP contribution is -2.03. The summed E-state index contributed by atoms with van der Waals surface area (Å²) >= 11 is 0. The minimum absolute atomic E-state index is 0.574. The second kappa shape index (κ2) is 6.62. The van der Waals surface area contributed by atoms with E-state index >= 15 is 0 Å². The van der Waals surface area contributed by atoms with Gasteiger partial charge in [0.1, 0.15) is 5.82 Å². The number of rotatable bonds is 6. The lowest BCUT2D eigenvalue weighted by Gasteiger charge is -2.05. The number of nitrogens with zero attached hydrogens (tertiary/aromatic N) is 4. The summed E-state index contributed by atoms with van der Waals surface area (Å²) in [5.41, 5.74) is 0. The summed E-state index contributed by atoms with van der Waals surface area (Å²) in [6, 6.07) is 4.25. The fourth-order valence-corrected chi connectivity index (χ4v) is 1.43. The molecule has 1 heterocycles. The Labute approximate surface area is 89.8 Å². The predicted octanol–water partition coefficient (Wildman–Crippen LogP) is 2.03. The first-order chi connectivity index (χ1) is 7.38. The van der Waals surface area contributed by atoms with Crippen molar-refractivity contribution in [3.8, 4) is 12.1 Å². The first-order valence-electron chi connectivity index (χ1n) is 5.12. The Morgan fingerprint density at radius 2 is 1.93 bits per heavy atom. The molecule has 0 fully saturated rings. The van der Waals surface area contributed by atoms with Gasteiger partial charge < -0.3 is 4.57 Å². The topological polar surface area (TPSA) is 65.4 Å². The molecule has 0 N–H and O–H groups in total. The third-order valence-electron chi connectivity index (χ3n) is 2.18. The molecule has 0 saturated carbocycles. The maximum absolute atomic E-state index is 8.43. The van der Waals surface area contributed by atoms with Gasteiger partial charge in [0.05, 0.1) is 12.1 Å². The van der Waals surface area contributed by atoms with Gasteiger partial charge in [0.25, 0.3) is 0 Å². The Morgan fingerprint density at radius 1 is 1.20 bits per heavy atom. The largest absolute Gasteiger partial charge is 0.335 e. The van der Waals surface area contributed by atoms with Crippen LogP contribution in [0.3, 0.4) is 0 Å². The number of hydrogen-bond donors (Lipinski definition) is 0. The third kappa shape index (κ3) is 3.83. The maximum atomic E-state index is 8.43. The van der Waals surface area contributed by atoms with E-state index in [-0.39, 0.29) is 0 Å². The first kappa shape index (κ1) is 11.3. The zero-order valence-electron chi connectivity index (χ0n) is 8.69. The summed E-state index contributed by atoms with van der Waals surface area (Å²) in [4.78, 5) is 4.24. The van der Waals surface area contributed by atoms with Crippen LogP contribution in [0.15, 0.2) is 12.4 Å². The normalized spacial score (nSPS) is 9.47. The molecule has 0 aliphatic heterocycles. The molecule has 0 aliphatic rings. The Morgan fingerprint density at radius 3 is 2.67 bits per heavy atom. The van der Waals surface area contributed by atoms with Crippen molar-refractivity contribution in [3.05, 3.63) is 18.2 Å². The molecule has 0 aliphatic carbocycles. The van der Waals surface area contributed by atoms with Crippen molar-refractivity contribution in [3.63, 3.8) is 0 Å². The van der Waals surface area contributed by atoms with Crippen LogP contribution in [-0.4, -0.2) is 9.55 Å². The molecule has 0 amide bonds. The summed E-state index contributed by atoms with van der Waals surface area (Å²) in [7, 11) is 0. The van der Waals surface area contributed by atoms with E-state index in [1.165, 1.54) is 0 Å². The highest BCUT2D eigenvalue weighted by Crippen LogP contribution is 2.05. The summed E-state index contributed by atoms with van der Waals surface area (Å²) in [6.07, 6.45) is 7.41. The second-order valence-electron chi connectivity index (χ2n) is 3.31. The van der Waals surface area contributed by atoms with Crippen LogP contribution in [-0.2, 0) is 13.0 Å². The van der Waals surface area contributed by atoms with Crippen molar-refractivity contribution >= 4 is 0 Å². The second-order valence-corrected chi connectivity index (χ2v) is 3.31. The molecule has 1 aromatic rings. The van der Waals surface area contributed by atoms with Crippen molar-refractivity contribution < 1.29 is 0 Å². The van der Waals surface area contributed by atoms with Gasteiger partial charge in [0.2, 0.25) is 0 Å². The molecule has 4 nitrogen and oxygen atoms in total. The Hall–Kier alpha value is -1.81. The van der Waals surface area contributed by atoms with Gasteiger partial charge >= 0.3 is 0 Å². The van der Waals surface area contributed by atoms with Crippen LogP contribution in [0, 0.1) is 22.7 Å². The highest BCUT2D eigenvalue weighted by molar-refractivity contribution is 4.93. The zero-order valence-corrected chi connectivity index (χ0v) is 8.69. The van der Waals surface area contributed by atoms with Crippen LogP contribution in [0.5, 0.6) is 0 Å². The van der Waals surface area contributed by atoms with Gasteiger partial charge in [-0.3, -0.25) is 0 Å². The van der Waals surface area contributed by atoms with Crippen molar-refractivity contribution in [2.24, 2.45) is 0 Å². The quantitative estimate of drug-likeness (QED) is 0.663. The summed E-state index contributed by atoms with van der Waals surface area (Å²) in [5.74, 6) is 1.02. The average Bonchev–Trinajstić information content (AvgIpc) is 2.67. The molecule has 78 valence electrons. The zero-order chi connectivity index (χ0) is 10.9. The molecule has 0 bridgehead atoms. The number of hydrogen-bond acceptors (Lipinski definition) is 3. The molecular formula is C11H14N4. The van der Waals surface area contributed by atoms with Crippen LogP contribution in [0.1, 0.15) is 31.5 Å². The Bertz CT molecular complexity index is 332. The fourth-order valence-electron chi connectivity index (χ4n) is 1.43. The molecule has 0 spiro atoms. The van der Waals surface area contributed by atoms with E-state index in [4.69, 9.17) is 10.5 Å². The van der Waals surface area contributed by atoms with Gasteiger partial charge in [-0.2, -0.15) is 10.5 Å². The monoisotopic (exact) mass is 202 g/mol. The van der Waals surface area contributed by atoms with Crippen molar-refractivity contribution in [2.45, 2.75) is 38.6 Å². The highest BCUT2D eigenvalue weighted by atomic mass is 15.1. The smallest absolute Gasteiger partial charge is 0.108 e. The van der Waals surface area contributed by atoms with Crippen LogP contribution in [0.25, 0.3) is 0 Å². The van der Waals surface area contributed by atoms with E-state index in [2.05, 4.69) is 21.7 Å². The maximum Gasteiger partial charge on any atom is 0.108 e. The van der Waals surface area contributed by atoms with Gasteiger partial charge in [0.15, 0.2) is 0 Å². The number of imidazole rings is 1. The van der Waals surface area contributed by atoms with Crippen molar-refractivity contribution in [2.75, 3.05) is 0 Å². The molecule has 0 aromatic carbocycles. The summed E-state index contributed by atoms with van der Waals surface area (Å²) in [5, 5.41) is 16.9. The van der Waals surface area contributed by atoms with E-state index in [0.717, 1.165) is 31.6 Å². The minimum Gasteiger partial charge on any atom is -0.335 e. The molecule has 4 heteroatoms. The lowest BCUT2D eigenvalue weighted by atomic mass is 10.2. The molecule has 0 unspecified atom stereocenters. The highest BCUT2D eigenvalue weighted by Gasteiger charge is 2.01. The number of nitriles is 2. The van der Waals surface area contributed by atoms with Crippen LogP contribution in [0.4, 0.5) is 0 Å². The third-order valence-corrected chi connectivity index (χ3v) is 2.18. The minimum atomic E-state index is 0.574. The van der Waals surface area contributed by atoms with Crippen LogP contribution in [0.2, 0.25) is 0 Å². The van der Waals surface area contributed by atoms with Gasteiger partial charge in [-0.15, -0.1) is 0 Å². The first-order valence-corrected chi connectivity index (χ1v) is 5.12. The molecule has 0 saturated heterocycles. The van der Waals surface area contributed by atoms with E-state index in [1.807, 2.05) is 6.20 Å². The van der Waals surface area contributed by atoms with Gasteiger partial charge in [0, 0.05) is 38.2 Å².